The predicted octanol–water partition coefficient (Wildman–Crippen LogP) is -2.90. The average Bonchev–Trinajstić information content (AvgIpc) is 3.08. The summed E-state index contributed by atoms with van der Waals surface area (Å²) in [7, 11) is 0. The molecule has 0 saturated carbocycles. The van der Waals surface area contributed by atoms with Crippen LogP contribution >= 0.6 is 0 Å². The third kappa shape index (κ3) is 8.60. The van der Waals surface area contributed by atoms with E-state index in [1.807, 2.05) is 0 Å². The Bertz CT molecular complexity index is 1910. The van der Waals surface area contributed by atoms with Gasteiger partial charge in [0.05, 0.1) is 25.0 Å². The number of aliphatic hydroxyl groups is 8. The lowest BCUT2D eigenvalue weighted by Gasteiger charge is -2.40. The highest BCUT2D eigenvalue weighted by atomic mass is 16.7. The minimum Gasteiger partial charge on any atom is -0.507 e. The molecule has 21 heteroatoms. The first-order chi connectivity index (χ1) is 25.3. The molecule has 1 aromatic heterocycles. The lowest BCUT2D eigenvalue weighted by molar-refractivity contribution is -0.278. The number of phenolic OH excluding ortho intramolecular Hbond substituents is 3. The molecule has 2 aromatic carbocycles. The van der Waals surface area contributed by atoms with Gasteiger partial charge < -0.3 is 89.4 Å². The van der Waals surface area contributed by atoms with Crippen molar-refractivity contribution in [2.24, 2.45) is 0 Å². The Morgan fingerprint density at radius 1 is 0.778 bits per heavy atom. The van der Waals surface area contributed by atoms with Gasteiger partial charge in [-0.3, -0.25) is 14.4 Å². The molecule has 3 heterocycles. The van der Waals surface area contributed by atoms with E-state index in [-0.39, 0.29) is 28.0 Å². The number of hydrogen-bond donors (Lipinski definition) is 12. The zero-order valence-electron chi connectivity index (χ0n) is 28.0. The number of rotatable bonds is 12. The Morgan fingerprint density at radius 3 is 2.02 bits per heavy atom. The number of ether oxygens (including phenoxy) is 5. The minimum atomic E-state index is -2.00. The van der Waals surface area contributed by atoms with Crippen LogP contribution in [0.2, 0.25) is 0 Å². The Balaban J connectivity index is 1.38. The van der Waals surface area contributed by atoms with Gasteiger partial charge >= 0.3 is 11.9 Å². The van der Waals surface area contributed by atoms with Crippen molar-refractivity contribution in [1.82, 2.24) is 0 Å². The molecule has 0 amide bonds. The first-order valence-electron chi connectivity index (χ1n) is 16.1. The average molecular weight is 771 g/mol. The van der Waals surface area contributed by atoms with Gasteiger partial charge in [-0.05, 0) is 19.1 Å². The summed E-state index contributed by atoms with van der Waals surface area (Å²) in [6, 6.07) is 4.92. The topological polar surface area (TPSA) is 353 Å². The highest BCUT2D eigenvalue weighted by Crippen LogP contribution is 2.42. The summed E-state index contributed by atoms with van der Waals surface area (Å²) in [6.07, 6.45) is -19.1. The van der Waals surface area contributed by atoms with Gasteiger partial charge in [0.15, 0.2) is 16.9 Å². The van der Waals surface area contributed by atoms with Crippen LogP contribution in [0.1, 0.15) is 19.8 Å². The monoisotopic (exact) mass is 770 g/mol. The number of carbonyl (C=O) groups excluding carboxylic acids is 1. The maximum atomic E-state index is 13.1. The summed E-state index contributed by atoms with van der Waals surface area (Å²) in [4.78, 5) is 36.3. The molecule has 2 fully saturated rings. The third-order valence-electron chi connectivity index (χ3n) is 8.60. The van der Waals surface area contributed by atoms with Crippen molar-refractivity contribution < 1.29 is 99.0 Å². The summed E-state index contributed by atoms with van der Waals surface area (Å²) in [5.41, 5.74) is -3.26. The molecule has 2 aliphatic rings. The van der Waals surface area contributed by atoms with Crippen LogP contribution in [0.25, 0.3) is 22.3 Å². The molecular formula is C33H38O21. The van der Waals surface area contributed by atoms with Crippen molar-refractivity contribution in [3.8, 4) is 40.1 Å². The van der Waals surface area contributed by atoms with Gasteiger partial charge in [-0.15, -0.1) is 0 Å². The number of esters is 1. The number of carbonyl (C=O) groups is 2. The van der Waals surface area contributed by atoms with Crippen LogP contribution in [0.3, 0.4) is 0 Å². The van der Waals surface area contributed by atoms with Crippen molar-refractivity contribution in [1.29, 1.82) is 0 Å². The molecular weight excluding hydrogens is 732 g/mol. The van der Waals surface area contributed by atoms with Crippen LogP contribution < -0.4 is 14.9 Å². The number of aliphatic carboxylic acids is 1. The number of aliphatic hydroxyl groups excluding tert-OH is 7. The van der Waals surface area contributed by atoms with E-state index in [1.54, 1.807) is 0 Å². The number of phenols is 3. The van der Waals surface area contributed by atoms with Crippen LogP contribution in [-0.4, -0.2) is 153 Å². The fourth-order valence-electron chi connectivity index (χ4n) is 5.78. The number of carboxylic acids is 1. The Labute approximate surface area is 302 Å². The first kappa shape index (κ1) is 40.4. The Morgan fingerprint density at radius 2 is 1.39 bits per heavy atom. The highest BCUT2D eigenvalue weighted by Gasteiger charge is 2.47. The summed E-state index contributed by atoms with van der Waals surface area (Å²) < 4.78 is 32.6. The van der Waals surface area contributed by atoms with Gasteiger partial charge in [-0.2, -0.15) is 0 Å². The second kappa shape index (κ2) is 15.9. The van der Waals surface area contributed by atoms with E-state index in [4.69, 9.17) is 33.2 Å². The largest absolute Gasteiger partial charge is 0.507 e. The molecule has 5 rings (SSSR count). The zero-order chi connectivity index (χ0) is 39.8. The maximum Gasteiger partial charge on any atom is 0.308 e. The highest BCUT2D eigenvalue weighted by molar-refractivity contribution is 5.86. The van der Waals surface area contributed by atoms with Gasteiger partial charge in [0, 0.05) is 23.8 Å². The third-order valence-corrected chi connectivity index (χ3v) is 8.60. The fourth-order valence-corrected chi connectivity index (χ4v) is 5.78. The smallest absolute Gasteiger partial charge is 0.308 e. The van der Waals surface area contributed by atoms with E-state index >= 15 is 0 Å². The molecule has 11 unspecified atom stereocenters. The van der Waals surface area contributed by atoms with Crippen molar-refractivity contribution >= 4 is 22.9 Å². The van der Waals surface area contributed by atoms with Crippen molar-refractivity contribution in [3.63, 3.8) is 0 Å². The van der Waals surface area contributed by atoms with Crippen molar-refractivity contribution in [2.45, 2.75) is 86.8 Å². The summed E-state index contributed by atoms with van der Waals surface area (Å²) in [5, 5.41) is 122. The summed E-state index contributed by atoms with van der Waals surface area (Å²) in [6.45, 7) is -0.438. The quantitative estimate of drug-likeness (QED) is 0.0649. The minimum absolute atomic E-state index is 0.149. The molecule has 21 nitrogen and oxygen atoms in total. The number of carboxylic acid groups (broad SMARTS) is 1. The van der Waals surface area contributed by atoms with Gasteiger partial charge in [-0.1, -0.05) is 0 Å². The van der Waals surface area contributed by atoms with Crippen LogP contribution in [0.5, 0.6) is 28.7 Å². The Kier molecular flexibility index (Phi) is 11.9. The van der Waals surface area contributed by atoms with Gasteiger partial charge in [0.25, 0.3) is 0 Å². The van der Waals surface area contributed by atoms with E-state index in [2.05, 4.69) is 0 Å². The van der Waals surface area contributed by atoms with E-state index in [0.29, 0.717) is 0 Å². The van der Waals surface area contributed by atoms with Gasteiger partial charge in [0.2, 0.25) is 18.3 Å². The second-order valence-electron chi connectivity index (χ2n) is 13.0. The molecule has 296 valence electrons. The number of hydrogen-bond acceptors (Lipinski definition) is 20. The number of benzene rings is 2. The fraction of sp³-hybridized carbons (Fsp3) is 0.485. The van der Waals surface area contributed by atoms with Crippen LogP contribution in [0.4, 0.5) is 0 Å². The molecule has 54 heavy (non-hydrogen) atoms. The molecule has 0 radical (unpaired) electrons. The number of fused-ring (bicyclic) bond motifs is 1. The van der Waals surface area contributed by atoms with E-state index in [9.17, 15) is 70.6 Å². The van der Waals surface area contributed by atoms with Gasteiger partial charge in [0.1, 0.15) is 83.7 Å². The van der Waals surface area contributed by atoms with E-state index < -0.39 is 133 Å². The second-order valence-corrected chi connectivity index (χ2v) is 13.0. The van der Waals surface area contributed by atoms with Crippen LogP contribution in [0, 0.1) is 0 Å². The van der Waals surface area contributed by atoms with Crippen molar-refractivity contribution in [3.05, 3.63) is 40.6 Å². The molecule has 2 aliphatic heterocycles. The molecule has 3 aromatic rings. The molecule has 2 saturated heterocycles. The normalized spacial score (nSPS) is 29.6. The molecule has 0 aliphatic carbocycles. The maximum absolute atomic E-state index is 13.1. The van der Waals surface area contributed by atoms with Gasteiger partial charge in [-0.25, -0.2) is 0 Å². The van der Waals surface area contributed by atoms with Crippen LogP contribution in [0.15, 0.2) is 39.5 Å². The predicted molar refractivity (Wildman–Crippen MR) is 173 cm³/mol. The zero-order valence-corrected chi connectivity index (χ0v) is 28.0. The van der Waals surface area contributed by atoms with Crippen molar-refractivity contribution in [2.75, 3.05) is 13.2 Å². The molecule has 0 bridgehead atoms. The molecule has 11 atom stereocenters. The van der Waals surface area contributed by atoms with E-state index in [0.717, 1.165) is 37.3 Å². The number of aromatic hydroxyl groups is 3. The molecule has 0 spiro atoms. The lowest BCUT2D eigenvalue weighted by Crippen LogP contribution is -2.60. The summed E-state index contributed by atoms with van der Waals surface area (Å²) >= 11 is 0. The first-order valence-corrected chi connectivity index (χ1v) is 16.1. The van der Waals surface area contributed by atoms with Crippen LogP contribution in [-0.2, 0) is 23.8 Å². The lowest BCUT2D eigenvalue weighted by atomic mass is 9.98. The SMILES string of the molecule is CC(O)(CC(=O)O)CC(=O)OCC1OC(Oc2cc(-c3cc(=O)c4c(O)cc(OC5OC(CO)C(O)C(O)C5O)cc4o3)cc(O)c2O)C(O)C(O)C1O. The molecule has 12 N–H and O–H groups in total. The summed E-state index contributed by atoms with van der Waals surface area (Å²) in [5.74, 6) is -6.09. The van der Waals surface area contributed by atoms with E-state index in [1.165, 1.54) is 0 Å². The Hall–Kier alpha value is -4.81. The standard InChI is InChI=1S/C33H38O21/c1-33(48,7-21(38)39)8-22(40)49-10-20-26(43)28(45)30(47)32(54-20)52-18-3-11(2-15(37)24(18)41)16-6-14(36)23-13(35)4-12(5-17(23)51-16)50-31-29(46)27(44)25(42)19(9-34)53-31/h2-6,19-20,25-32,34-35,37,41-48H,7-10H2,1H3,(H,38,39).